The molecule has 0 radical (unpaired) electrons. The summed E-state index contributed by atoms with van der Waals surface area (Å²) in [5, 5.41) is 0. The van der Waals surface area contributed by atoms with E-state index < -0.39 is 56.1 Å². The van der Waals surface area contributed by atoms with Gasteiger partial charge in [0.05, 0.1) is 0 Å². The molecule has 6 heteroatoms. The normalized spacial score (nSPS) is 23.3. The average molecular weight is 1440 g/mol. The van der Waals surface area contributed by atoms with Crippen molar-refractivity contribution in [2.24, 2.45) is 0 Å². The second-order valence-corrected chi connectivity index (χ2v) is 228. The Morgan fingerprint density at radius 2 is 0.512 bits per heavy atom. The Morgan fingerprint density at radius 1 is 0.300 bits per heavy atom. The monoisotopic (exact) mass is 1440 g/mol. The molecule has 1 saturated heterocycles. The molecular weight excluding hydrogens is 1360 g/mol. The molecule has 4 unspecified atom stereocenters. The van der Waals surface area contributed by atoms with E-state index in [1.54, 1.807) is 68.7 Å². The van der Waals surface area contributed by atoms with Gasteiger partial charge < -0.3 is 0 Å². The van der Waals surface area contributed by atoms with Gasteiger partial charge in [-0.3, -0.25) is 0 Å². The maximum atomic E-state index is 3.23. The molecule has 8 aromatic rings. The van der Waals surface area contributed by atoms with Gasteiger partial charge in [-0.1, -0.05) is 0 Å². The maximum absolute atomic E-state index is 4.99. The fraction of sp³-hybridized carbons (Fsp3) is 0.243. The van der Waals surface area contributed by atoms with Gasteiger partial charge >= 0.3 is 484 Å². The first-order valence-electron chi connectivity index (χ1n) is 30.7. The van der Waals surface area contributed by atoms with Crippen LogP contribution in [0.5, 0.6) is 0 Å². The summed E-state index contributed by atoms with van der Waals surface area (Å²) in [6.07, 6.45) is 10.9. The topological polar surface area (TPSA) is 0 Å². The number of benzene rings is 8. The van der Waals surface area contributed by atoms with Crippen LogP contribution in [0.4, 0.5) is 0 Å². The van der Waals surface area contributed by atoms with Crippen LogP contribution in [0.25, 0.3) is 68.8 Å². The molecule has 0 amide bonds. The van der Waals surface area contributed by atoms with Gasteiger partial charge in [0.1, 0.15) is 0 Å². The number of fused-ring (bicyclic) bond motifs is 4. The molecule has 8 aromatic carbocycles. The summed E-state index contributed by atoms with van der Waals surface area (Å²) in [5.74, 6) is -3.11. The molecule has 0 saturated carbocycles. The zero-order valence-corrected chi connectivity index (χ0v) is 61.8. The van der Waals surface area contributed by atoms with E-state index >= 15 is 0 Å². The zero-order valence-electron chi connectivity index (χ0n) is 49.5. The quantitative estimate of drug-likeness (QED) is 0.107. The van der Waals surface area contributed by atoms with E-state index in [1.165, 1.54) is 66.8 Å². The molecule has 5 aliphatic rings. The van der Waals surface area contributed by atoms with Crippen molar-refractivity contribution in [1.82, 2.24) is 0 Å². The van der Waals surface area contributed by atoms with Crippen molar-refractivity contribution < 1.29 is 30.7 Å². The Balaban J connectivity index is 1.02. The number of allylic oxidation sites excluding steroid dienone is 4. The summed E-state index contributed by atoms with van der Waals surface area (Å²) in [7, 11) is 0. The molecule has 1 heterocycles. The van der Waals surface area contributed by atoms with Gasteiger partial charge in [-0.05, 0) is 0 Å². The van der Waals surface area contributed by atoms with Crippen molar-refractivity contribution in [3.63, 3.8) is 0 Å². The standard InChI is InChI=1S/4C16H13.C4H10Si2.2CH5Si.4CH3.2Hf/c4*1-12-10-14-8-5-9-15(16(14)11-12)13-6-3-2-4-7-13;1-2-6-4-3-5-1;2*1-2;;;;;;/h4*2-11H,1H3;5-6H,1-4H2;2*2H2,1H3;4*1H3;;. The van der Waals surface area contributed by atoms with Crippen LogP contribution in [-0.4, -0.2) is 25.4 Å². The second kappa shape index (κ2) is 18.9. The first-order chi connectivity index (χ1) is 38.4. The summed E-state index contributed by atoms with van der Waals surface area (Å²) < 4.78 is 15.1. The third-order valence-corrected chi connectivity index (χ3v) is 296. The second-order valence-electron chi connectivity index (χ2n) is 29.3. The predicted molar refractivity (Wildman–Crippen MR) is 359 cm³/mol. The Morgan fingerprint density at radius 3 is 0.713 bits per heavy atom. The van der Waals surface area contributed by atoms with Crippen LogP contribution in [0.15, 0.2) is 216 Å². The molecule has 1 fully saturated rings. The Labute approximate surface area is 479 Å². The molecule has 0 bridgehead atoms. The molecule has 404 valence electrons. The van der Waals surface area contributed by atoms with Crippen molar-refractivity contribution in [2.75, 3.05) is 0 Å². The van der Waals surface area contributed by atoms with Crippen LogP contribution < -0.4 is 0 Å². The van der Waals surface area contributed by atoms with Gasteiger partial charge in [0, 0.05) is 0 Å². The van der Waals surface area contributed by atoms with Crippen LogP contribution in [0.3, 0.4) is 0 Å². The third-order valence-electron chi connectivity index (χ3n) is 25.4. The van der Waals surface area contributed by atoms with Crippen LogP contribution in [-0.2, 0) is 30.7 Å². The van der Waals surface area contributed by atoms with Gasteiger partial charge in [-0.15, -0.1) is 0 Å². The molecule has 0 aromatic heterocycles. The van der Waals surface area contributed by atoms with E-state index in [2.05, 4.69) is 278 Å². The summed E-state index contributed by atoms with van der Waals surface area (Å²) >= 11 is -9.98. The van der Waals surface area contributed by atoms with Crippen molar-refractivity contribution in [2.45, 2.75) is 98.4 Å². The van der Waals surface area contributed by atoms with Crippen molar-refractivity contribution in [3.05, 3.63) is 261 Å². The molecule has 4 atom stereocenters. The van der Waals surface area contributed by atoms with Crippen molar-refractivity contribution in [3.8, 4) is 44.5 Å². The summed E-state index contributed by atoms with van der Waals surface area (Å²) in [5.41, 5.74) is 30.8. The van der Waals surface area contributed by atoms with Gasteiger partial charge in [-0.2, -0.15) is 0 Å². The molecule has 80 heavy (non-hydrogen) atoms. The minimum absolute atomic E-state index is 0.543. The minimum atomic E-state index is -4.99. The zero-order chi connectivity index (χ0) is 55.5. The van der Waals surface area contributed by atoms with Gasteiger partial charge in [0.25, 0.3) is 0 Å². The van der Waals surface area contributed by atoms with Crippen molar-refractivity contribution in [1.29, 1.82) is 0 Å². The average Bonchev–Trinajstić information content (AvgIpc) is 2.91. The third kappa shape index (κ3) is 7.42. The number of hydrogen-bond donors (Lipinski definition) is 0. The summed E-state index contributed by atoms with van der Waals surface area (Å²) in [6.45, 7) is 15.0. The predicted octanol–water partition coefficient (Wildman–Crippen LogP) is 19.7. The molecule has 1 aliphatic heterocycles. The van der Waals surface area contributed by atoms with Gasteiger partial charge in [-0.25, -0.2) is 0 Å². The van der Waals surface area contributed by atoms with Gasteiger partial charge in [0.15, 0.2) is 0 Å². The van der Waals surface area contributed by atoms with Crippen LogP contribution in [0.1, 0.15) is 86.9 Å². The van der Waals surface area contributed by atoms with Crippen molar-refractivity contribution >= 4 is 49.7 Å². The fourth-order valence-electron chi connectivity index (χ4n) is 21.6. The van der Waals surface area contributed by atoms with E-state index in [-0.39, 0.29) is 0 Å². The molecule has 0 nitrogen and oxygen atoms in total. The fourth-order valence-corrected chi connectivity index (χ4v) is 288. The molecular formula is C74H84Hf2Si4. The van der Waals surface area contributed by atoms with Gasteiger partial charge in [0.2, 0.25) is 0 Å². The van der Waals surface area contributed by atoms with E-state index in [4.69, 9.17) is 0 Å². The Kier molecular flexibility index (Phi) is 12.9. The SMILES string of the molecule is C[SiH2][Hf]([CH3])([CH3])([CH]1C(C)=Cc2c(-c3ccccc3)cccc21)([CH]1C(C)=Cc2c(-c3ccccc3)cccc21)[SiH]1CC[SiH]([Hf]([CH3])([CH3])([SiH2]C)([CH]2C(C)=Cc3c(-c4ccccc4)cccc32)[CH]2C(C)=Cc3c(-c4ccccc4)cccc32)CC1. The molecule has 0 N–H and O–H groups in total. The van der Waals surface area contributed by atoms with E-state index in [1.807, 2.05) is 0 Å². The Hall–Kier alpha value is -4.67. The van der Waals surface area contributed by atoms with E-state index in [9.17, 15) is 0 Å². The molecule has 13 rings (SSSR count). The summed E-state index contributed by atoms with van der Waals surface area (Å²) in [4.78, 5) is 0. The van der Waals surface area contributed by atoms with E-state index in [0.717, 1.165) is 0 Å². The van der Waals surface area contributed by atoms with E-state index in [0.29, 0.717) is 14.7 Å². The first-order valence-corrected chi connectivity index (χ1v) is 89.7. The Bertz CT molecular complexity index is 3480. The summed E-state index contributed by atoms with van der Waals surface area (Å²) in [6, 6.07) is 81.8. The first kappa shape index (κ1) is 54.6. The molecule has 0 spiro atoms. The number of rotatable bonds is 12. The van der Waals surface area contributed by atoms with Crippen LogP contribution >= 0.6 is 0 Å². The van der Waals surface area contributed by atoms with Crippen LogP contribution in [0.2, 0.25) is 56.0 Å². The number of hydrogen-bond acceptors (Lipinski definition) is 0. The molecule has 4 aliphatic carbocycles. The van der Waals surface area contributed by atoms with Crippen LogP contribution in [0, 0.1) is 0 Å².